The van der Waals surface area contributed by atoms with Gasteiger partial charge in [0.15, 0.2) is 0 Å². The number of carbonyl (C=O) groups is 3. The number of hydrogen-bond acceptors (Lipinski definition) is 6. The van der Waals surface area contributed by atoms with Crippen molar-refractivity contribution in [1.82, 2.24) is 9.80 Å². The highest BCUT2D eigenvalue weighted by molar-refractivity contribution is 5.79. The molecule has 0 aliphatic carbocycles. The van der Waals surface area contributed by atoms with E-state index in [0.29, 0.717) is 17.9 Å². The molecule has 1 aromatic carbocycles. The molecule has 1 atom stereocenters. The Kier molecular flexibility index (Phi) is 12.5. The van der Waals surface area contributed by atoms with Crippen molar-refractivity contribution >= 4 is 23.5 Å². The van der Waals surface area contributed by atoms with Gasteiger partial charge in [-0.25, -0.2) is 9.59 Å². The van der Waals surface area contributed by atoms with E-state index in [1.54, 1.807) is 0 Å². The number of hydrogen-bond donors (Lipinski definition) is 2. The van der Waals surface area contributed by atoms with Crippen LogP contribution in [0.25, 0.3) is 0 Å². The molecule has 2 N–H and O–H groups in total. The van der Waals surface area contributed by atoms with Gasteiger partial charge in [0.2, 0.25) is 5.91 Å². The van der Waals surface area contributed by atoms with Crippen LogP contribution in [0.15, 0.2) is 24.3 Å². The fourth-order valence-corrected chi connectivity index (χ4v) is 5.04. The summed E-state index contributed by atoms with van der Waals surface area (Å²) < 4.78 is 69.7. The zero-order valence-corrected chi connectivity index (χ0v) is 23.5. The summed E-state index contributed by atoms with van der Waals surface area (Å²) in [4.78, 5) is 37.3. The van der Waals surface area contributed by atoms with Crippen molar-refractivity contribution < 1.29 is 55.7 Å². The number of benzene rings is 1. The Hall–Kier alpha value is -3.07. The normalized spacial score (nSPS) is 20.3. The van der Waals surface area contributed by atoms with E-state index in [1.165, 1.54) is 38.0 Å². The Morgan fingerprint density at radius 3 is 1.81 bits per heavy atom. The molecule has 9 nitrogen and oxygen atoms in total. The highest BCUT2D eigenvalue weighted by Gasteiger charge is 2.43. The number of halogens is 6. The summed E-state index contributed by atoms with van der Waals surface area (Å²) in [6, 6.07) is 8.33. The zero-order valence-electron chi connectivity index (χ0n) is 23.5. The van der Waals surface area contributed by atoms with Gasteiger partial charge in [0.25, 0.3) is 0 Å². The van der Waals surface area contributed by atoms with Crippen molar-refractivity contribution in [2.45, 2.75) is 57.0 Å². The molecular weight excluding hydrogens is 576 g/mol. The first-order chi connectivity index (χ1) is 19.4. The number of carbonyl (C=O) groups excluding carboxylic acids is 1. The second-order valence-electron chi connectivity index (χ2n) is 10.9. The number of aliphatic carboxylic acids is 2. The van der Waals surface area contributed by atoms with E-state index < -0.39 is 24.3 Å². The fraction of sp³-hybridized carbons (Fsp3) is 0.667. The SMILES string of the molecule is CN(C)c1ccc(CC(=O)N2CCC3(CC2)COC(CN2CCCC2)C3)cc1.O=C(O)C(F)(F)F.O=C(O)C(F)(F)F. The highest BCUT2D eigenvalue weighted by Crippen LogP contribution is 2.42. The highest BCUT2D eigenvalue weighted by atomic mass is 19.4. The van der Waals surface area contributed by atoms with Crippen LogP contribution in [0.4, 0.5) is 32.0 Å². The molecule has 3 aliphatic heterocycles. The molecule has 4 rings (SSSR count). The number of carboxylic acids is 2. The minimum absolute atomic E-state index is 0.264. The van der Waals surface area contributed by atoms with E-state index in [-0.39, 0.29) is 5.91 Å². The molecule has 0 aromatic heterocycles. The van der Waals surface area contributed by atoms with Gasteiger partial charge in [-0.2, -0.15) is 26.3 Å². The predicted molar refractivity (Wildman–Crippen MR) is 140 cm³/mol. The topological polar surface area (TPSA) is 111 Å². The fourth-order valence-electron chi connectivity index (χ4n) is 5.04. The van der Waals surface area contributed by atoms with Gasteiger partial charge in [0.1, 0.15) is 0 Å². The number of nitrogens with zero attached hydrogens (tertiary/aromatic N) is 3. The van der Waals surface area contributed by atoms with Crippen LogP contribution < -0.4 is 4.90 Å². The zero-order chi connectivity index (χ0) is 31.7. The summed E-state index contributed by atoms with van der Waals surface area (Å²) in [7, 11) is 4.07. The first-order valence-corrected chi connectivity index (χ1v) is 13.4. The lowest BCUT2D eigenvalue weighted by Gasteiger charge is -2.38. The summed E-state index contributed by atoms with van der Waals surface area (Å²) >= 11 is 0. The molecule has 0 radical (unpaired) electrons. The second-order valence-corrected chi connectivity index (χ2v) is 10.9. The molecule has 3 aliphatic rings. The number of alkyl halides is 6. The average Bonchev–Trinajstić information content (AvgIpc) is 3.55. The minimum Gasteiger partial charge on any atom is -0.475 e. The average molecular weight is 614 g/mol. The lowest BCUT2D eigenvalue weighted by Crippen LogP contribution is -2.44. The van der Waals surface area contributed by atoms with Crippen LogP contribution in [0.5, 0.6) is 0 Å². The van der Waals surface area contributed by atoms with E-state index in [9.17, 15) is 31.1 Å². The Bertz CT molecular complexity index is 1010. The molecule has 1 aromatic rings. The minimum atomic E-state index is -5.08. The van der Waals surface area contributed by atoms with Gasteiger partial charge >= 0.3 is 24.3 Å². The van der Waals surface area contributed by atoms with Gasteiger partial charge in [0, 0.05) is 39.4 Å². The van der Waals surface area contributed by atoms with Crippen LogP contribution >= 0.6 is 0 Å². The number of ether oxygens (including phenoxy) is 1. The first kappa shape index (κ1) is 35.1. The Balaban J connectivity index is 0.000000367. The van der Waals surface area contributed by atoms with Gasteiger partial charge in [-0.1, -0.05) is 12.1 Å². The van der Waals surface area contributed by atoms with Gasteiger partial charge < -0.3 is 29.6 Å². The van der Waals surface area contributed by atoms with E-state index in [2.05, 4.69) is 39.0 Å². The molecule has 1 amide bonds. The number of carboxylic acid groups (broad SMARTS) is 2. The molecular formula is C27H37F6N3O6. The maximum Gasteiger partial charge on any atom is 0.490 e. The smallest absolute Gasteiger partial charge is 0.475 e. The molecule has 15 heteroatoms. The monoisotopic (exact) mass is 613 g/mol. The quantitative estimate of drug-likeness (QED) is 0.479. The molecule has 0 saturated carbocycles. The number of likely N-dealkylation sites (tertiary alicyclic amines) is 2. The largest absolute Gasteiger partial charge is 0.490 e. The summed E-state index contributed by atoms with van der Waals surface area (Å²) in [6.07, 6.45) is -3.22. The van der Waals surface area contributed by atoms with Crippen molar-refractivity contribution in [3.05, 3.63) is 29.8 Å². The van der Waals surface area contributed by atoms with E-state index in [4.69, 9.17) is 24.5 Å². The maximum atomic E-state index is 12.8. The third kappa shape index (κ3) is 11.3. The van der Waals surface area contributed by atoms with Gasteiger partial charge in [-0.15, -0.1) is 0 Å². The molecule has 1 spiro atoms. The van der Waals surface area contributed by atoms with Gasteiger partial charge in [-0.05, 0) is 68.3 Å². The van der Waals surface area contributed by atoms with Crippen LogP contribution in [-0.2, 0) is 25.5 Å². The summed E-state index contributed by atoms with van der Waals surface area (Å²) in [5.41, 5.74) is 2.58. The van der Waals surface area contributed by atoms with Crippen molar-refractivity contribution in [3.63, 3.8) is 0 Å². The molecule has 3 fully saturated rings. The molecule has 0 bridgehead atoms. The van der Waals surface area contributed by atoms with Crippen LogP contribution in [-0.4, -0.2) is 110 Å². The maximum absolute atomic E-state index is 12.8. The van der Waals surface area contributed by atoms with E-state index in [1.807, 2.05) is 14.1 Å². The number of piperidine rings is 1. The summed E-state index contributed by atoms with van der Waals surface area (Å²) in [5.74, 6) is -5.25. The molecule has 42 heavy (non-hydrogen) atoms. The first-order valence-electron chi connectivity index (χ1n) is 13.4. The third-order valence-electron chi connectivity index (χ3n) is 7.42. The van der Waals surface area contributed by atoms with Crippen LogP contribution in [0.2, 0.25) is 0 Å². The molecule has 238 valence electrons. The standard InChI is InChI=1S/C23H35N3O2.2C2HF3O2/c1-24(2)20-7-5-19(6-8-20)15-22(27)26-13-9-23(10-14-26)16-21(28-18-23)17-25-11-3-4-12-25;2*3-2(4,5)1(6)7/h5-8,21H,3-4,9-18H2,1-2H3;2*(H,6,7). The van der Waals surface area contributed by atoms with Crippen LogP contribution in [0.3, 0.4) is 0 Å². The van der Waals surface area contributed by atoms with Crippen molar-refractivity contribution in [1.29, 1.82) is 0 Å². The molecule has 3 heterocycles. The van der Waals surface area contributed by atoms with Crippen molar-refractivity contribution in [3.8, 4) is 0 Å². The van der Waals surface area contributed by atoms with Gasteiger partial charge in [-0.3, -0.25) is 4.79 Å². The Morgan fingerprint density at radius 1 is 0.905 bits per heavy atom. The number of anilines is 1. The summed E-state index contributed by atoms with van der Waals surface area (Å²) in [5, 5.41) is 14.2. The van der Waals surface area contributed by atoms with Gasteiger partial charge in [0.05, 0.1) is 19.1 Å². The Morgan fingerprint density at radius 2 is 1.38 bits per heavy atom. The second kappa shape index (κ2) is 14.9. The third-order valence-corrected chi connectivity index (χ3v) is 7.42. The lowest BCUT2D eigenvalue weighted by molar-refractivity contribution is -0.193. The van der Waals surface area contributed by atoms with Crippen LogP contribution in [0, 0.1) is 5.41 Å². The van der Waals surface area contributed by atoms with Crippen molar-refractivity contribution in [2.75, 3.05) is 58.3 Å². The van der Waals surface area contributed by atoms with E-state index in [0.717, 1.165) is 44.6 Å². The predicted octanol–water partition coefficient (Wildman–Crippen LogP) is 4.06. The molecule has 1 unspecified atom stereocenters. The lowest BCUT2D eigenvalue weighted by atomic mass is 9.76. The van der Waals surface area contributed by atoms with Crippen LogP contribution in [0.1, 0.15) is 37.7 Å². The number of amides is 1. The Labute approximate surface area is 240 Å². The number of rotatable bonds is 5. The summed E-state index contributed by atoms with van der Waals surface area (Å²) in [6.45, 7) is 6.24. The van der Waals surface area contributed by atoms with E-state index >= 15 is 0 Å². The van der Waals surface area contributed by atoms with Crippen molar-refractivity contribution in [2.24, 2.45) is 5.41 Å². The molecule has 3 saturated heterocycles.